The van der Waals surface area contributed by atoms with Gasteiger partial charge in [-0.25, -0.2) is 8.42 Å². The van der Waals surface area contributed by atoms with Gasteiger partial charge < -0.3 is 4.74 Å². The van der Waals surface area contributed by atoms with E-state index in [-0.39, 0.29) is 16.8 Å². The van der Waals surface area contributed by atoms with E-state index in [4.69, 9.17) is 4.74 Å². The Labute approximate surface area is 141 Å². The molecule has 0 N–H and O–H groups in total. The van der Waals surface area contributed by atoms with Crippen molar-refractivity contribution in [1.29, 1.82) is 0 Å². The molecule has 1 atom stereocenters. The number of hydrogen-bond acceptors (Lipinski definition) is 4. The lowest BCUT2D eigenvalue weighted by Crippen LogP contribution is -2.37. The monoisotopic (exact) mass is 345 g/mol. The number of nitrogens with zero attached hydrogens (tertiary/aromatic N) is 1. The van der Waals surface area contributed by atoms with E-state index in [1.807, 2.05) is 18.2 Å². The molecule has 5 nitrogen and oxygen atoms in total. The first-order valence-electron chi connectivity index (χ1n) is 7.70. The number of methoxy groups -OCH3 is 1. The standard InChI is InChI=1S/C18H19NO4S/c1-13(20)14-6-5-7-15(12-14)24(21,22)19-11-10-18(23-2)16-8-3-4-9-17(16)19/h3-9,12,18H,10-11H2,1-2H3. The molecule has 0 aliphatic carbocycles. The Kier molecular flexibility index (Phi) is 4.43. The molecule has 1 unspecified atom stereocenters. The van der Waals surface area contributed by atoms with E-state index >= 15 is 0 Å². The second kappa shape index (κ2) is 6.37. The third-order valence-corrected chi connectivity index (χ3v) is 6.07. The summed E-state index contributed by atoms with van der Waals surface area (Å²) in [5, 5.41) is 0. The van der Waals surface area contributed by atoms with Crippen molar-refractivity contribution in [2.45, 2.75) is 24.3 Å². The topological polar surface area (TPSA) is 63.7 Å². The predicted molar refractivity (Wildman–Crippen MR) is 91.8 cm³/mol. The highest BCUT2D eigenvalue weighted by Gasteiger charge is 2.33. The van der Waals surface area contributed by atoms with Crippen molar-refractivity contribution in [3.8, 4) is 0 Å². The van der Waals surface area contributed by atoms with Gasteiger partial charge in [0.15, 0.2) is 5.78 Å². The Hall–Kier alpha value is -2.18. The second-order valence-electron chi connectivity index (χ2n) is 5.73. The molecule has 2 aromatic rings. The number of benzene rings is 2. The molecule has 1 heterocycles. The number of para-hydroxylation sites is 1. The third-order valence-electron chi connectivity index (χ3n) is 4.26. The quantitative estimate of drug-likeness (QED) is 0.799. The molecule has 0 amide bonds. The molecule has 0 saturated heterocycles. The van der Waals surface area contributed by atoms with Crippen LogP contribution in [0.15, 0.2) is 53.4 Å². The number of rotatable bonds is 4. The Balaban J connectivity index is 2.08. The van der Waals surface area contributed by atoms with Gasteiger partial charge in [0.05, 0.1) is 16.7 Å². The zero-order valence-electron chi connectivity index (χ0n) is 13.6. The Morgan fingerprint density at radius 3 is 2.62 bits per heavy atom. The van der Waals surface area contributed by atoms with Gasteiger partial charge in [0.25, 0.3) is 10.0 Å². The van der Waals surface area contributed by atoms with Crippen LogP contribution in [0.2, 0.25) is 0 Å². The van der Waals surface area contributed by atoms with E-state index < -0.39 is 10.0 Å². The molecular formula is C18H19NO4S. The zero-order chi connectivity index (χ0) is 17.3. The van der Waals surface area contributed by atoms with Gasteiger partial charge in [0, 0.05) is 24.8 Å². The third kappa shape index (κ3) is 2.83. The van der Waals surface area contributed by atoms with Gasteiger partial charge >= 0.3 is 0 Å². The molecule has 0 saturated carbocycles. The van der Waals surface area contributed by atoms with Crippen molar-refractivity contribution in [1.82, 2.24) is 0 Å². The summed E-state index contributed by atoms with van der Waals surface area (Å²) in [6, 6.07) is 13.5. The van der Waals surface area contributed by atoms with Crippen LogP contribution in [-0.4, -0.2) is 27.9 Å². The molecule has 0 aromatic heterocycles. The summed E-state index contributed by atoms with van der Waals surface area (Å²) in [4.78, 5) is 11.7. The molecule has 6 heteroatoms. The first-order chi connectivity index (χ1) is 11.4. The number of fused-ring (bicyclic) bond motifs is 1. The maximum atomic E-state index is 13.1. The first-order valence-corrected chi connectivity index (χ1v) is 9.14. The van der Waals surface area contributed by atoms with Crippen LogP contribution in [-0.2, 0) is 14.8 Å². The number of sulfonamides is 1. The van der Waals surface area contributed by atoms with Crippen LogP contribution in [0.25, 0.3) is 0 Å². The number of hydrogen-bond donors (Lipinski definition) is 0. The predicted octanol–water partition coefficient (Wildman–Crippen LogP) is 3.18. The summed E-state index contributed by atoms with van der Waals surface area (Å²) in [5.41, 5.74) is 1.87. The minimum Gasteiger partial charge on any atom is -0.377 e. The summed E-state index contributed by atoms with van der Waals surface area (Å²) in [6.07, 6.45) is 0.468. The number of ketones is 1. The van der Waals surface area contributed by atoms with Crippen LogP contribution >= 0.6 is 0 Å². The lowest BCUT2D eigenvalue weighted by Gasteiger charge is -2.34. The molecule has 3 rings (SSSR count). The van der Waals surface area contributed by atoms with Crippen molar-refractivity contribution in [3.05, 3.63) is 59.7 Å². The van der Waals surface area contributed by atoms with Gasteiger partial charge in [0.2, 0.25) is 0 Å². The fraction of sp³-hybridized carbons (Fsp3) is 0.278. The van der Waals surface area contributed by atoms with E-state index in [1.54, 1.807) is 25.3 Å². The summed E-state index contributed by atoms with van der Waals surface area (Å²) >= 11 is 0. The fourth-order valence-corrected chi connectivity index (χ4v) is 4.55. The van der Waals surface area contributed by atoms with Gasteiger partial charge in [-0.1, -0.05) is 30.3 Å². The average molecular weight is 345 g/mol. The van der Waals surface area contributed by atoms with E-state index in [0.29, 0.717) is 24.2 Å². The average Bonchev–Trinajstić information content (AvgIpc) is 2.60. The Bertz CT molecular complexity index is 876. The van der Waals surface area contributed by atoms with Gasteiger partial charge in [-0.05, 0) is 31.5 Å². The SMILES string of the molecule is COC1CCN(S(=O)(=O)c2cccc(C(C)=O)c2)c2ccccc21. The van der Waals surface area contributed by atoms with Gasteiger partial charge in [0.1, 0.15) is 0 Å². The number of anilines is 1. The highest BCUT2D eigenvalue weighted by atomic mass is 32.2. The maximum absolute atomic E-state index is 13.1. The lowest BCUT2D eigenvalue weighted by molar-refractivity contribution is 0.0951. The van der Waals surface area contributed by atoms with Gasteiger partial charge in [-0.15, -0.1) is 0 Å². The summed E-state index contributed by atoms with van der Waals surface area (Å²) in [6.45, 7) is 1.76. The van der Waals surface area contributed by atoms with E-state index in [0.717, 1.165) is 5.56 Å². The molecule has 0 fully saturated rings. The number of carbonyl (C=O) groups excluding carboxylic acids is 1. The van der Waals surface area contributed by atoms with Crippen molar-refractivity contribution in [2.24, 2.45) is 0 Å². The summed E-state index contributed by atoms with van der Waals surface area (Å²) in [5.74, 6) is -0.162. The summed E-state index contributed by atoms with van der Waals surface area (Å²) < 4.78 is 33.1. The van der Waals surface area contributed by atoms with Crippen LogP contribution in [0.4, 0.5) is 5.69 Å². The normalized spacial score (nSPS) is 17.4. The van der Waals surface area contributed by atoms with Crippen molar-refractivity contribution in [2.75, 3.05) is 18.0 Å². The molecule has 0 bridgehead atoms. The highest BCUT2D eigenvalue weighted by Crippen LogP contribution is 2.38. The molecule has 0 spiro atoms. The fourth-order valence-electron chi connectivity index (χ4n) is 2.99. The second-order valence-corrected chi connectivity index (χ2v) is 7.60. The number of ether oxygens (including phenoxy) is 1. The lowest BCUT2D eigenvalue weighted by atomic mass is 10.0. The van der Waals surface area contributed by atoms with Crippen molar-refractivity contribution >= 4 is 21.5 Å². The highest BCUT2D eigenvalue weighted by molar-refractivity contribution is 7.92. The smallest absolute Gasteiger partial charge is 0.264 e. The Morgan fingerprint density at radius 2 is 1.92 bits per heavy atom. The van der Waals surface area contributed by atoms with Crippen LogP contribution in [0.3, 0.4) is 0 Å². The summed E-state index contributed by atoms with van der Waals surface area (Å²) in [7, 11) is -2.11. The molecule has 0 radical (unpaired) electrons. The van der Waals surface area contributed by atoms with Gasteiger partial charge in [-0.2, -0.15) is 0 Å². The van der Waals surface area contributed by atoms with E-state index in [1.165, 1.54) is 23.4 Å². The van der Waals surface area contributed by atoms with E-state index in [9.17, 15) is 13.2 Å². The van der Waals surface area contributed by atoms with Crippen molar-refractivity contribution < 1.29 is 17.9 Å². The molecule has 1 aliphatic rings. The van der Waals surface area contributed by atoms with Crippen molar-refractivity contribution in [3.63, 3.8) is 0 Å². The molecule has 1 aliphatic heterocycles. The van der Waals surface area contributed by atoms with E-state index in [2.05, 4.69) is 0 Å². The largest absolute Gasteiger partial charge is 0.377 e. The van der Waals surface area contributed by atoms with Crippen LogP contribution in [0.1, 0.15) is 35.4 Å². The minimum atomic E-state index is -3.74. The Morgan fingerprint density at radius 1 is 1.17 bits per heavy atom. The first kappa shape index (κ1) is 16.7. The molecule has 24 heavy (non-hydrogen) atoms. The molecule has 2 aromatic carbocycles. The zero-order valence-corrected chi connectivity index (χ0v) is 14.4. The van der Waals surface area contributed by atoms with Crippen LogP contribution in [0.5, 0.6) is 0 Å². The molecule has 126 valence electrons. The molecular weight excluding hydrogens is 326 g/mol. The maximum Gasteiger partial charge on any atom is 0.264 e. The van der Waals surface area contributed by atoms with Crippen LogP contribution < -0.4 is 4.31 Å². The number of Topliss-reactive ketones (excluding diaryl/α,β-unsaturated/α-hetero) is 1. The minimum absolute atomic E-state index is 0.115. The van der Waals surface area contributed by atoms with Gasteiger partial charge in [-0.3, -0.25) is 9.10 Å². The van der Waals surface area contributed by atoms with Crippen LogP contribution in [0, 0.1) is 0 Å². The number of carbonyl (C=O) groups is 1.